The van der Waals surface area contributed by atoms with Gasteiger partial charge in [0.1, 0.15) is 11.5 Å². The molecular weight excluding hydrogens is 268 g/mol. The molecule has 108 valence electrons. The van der Waals surface area contributed by atoms with Crippen molar-refractivity contribution in [1.29, 1.82) is 0 Å². The van der Waals surface area contributed by atoms with E-state index < -0.39 is 0 Å². The van der Waals surface area contributed by atoms with Gasteiger partial charge < -0.3 is 9.47 Å². The van der Waals surface area contributed by atoms with Gasteiger partial charge >= 0.3 is 0 Å². The monoisotopic (exact) mass is 290 g/mol. The summed E-state index contributed by atoms with van der Waals surface area (Å²) < 4.78 is 10.9. The molecule has 0 fully saturated rings. The molecule has 0 saturated carbocycles. The van der Waals surface area contributed by atoms with Gasteiger partial charge in [0.05, 0.1) is 14.2 Å². The second-order valence-corrected chi connectivity index (χ2v) is 6.28. The Kier molecular flexibility index (Phi) is 5.07. The molecule has 0 aliphatic carbocycles. The standard InChI is InChI=1S/C17H22O2S/c1-12(2)10-15(17-6-5-9-20-17)14-8-7-13(18-3)11-16(14)19-4/h5-9,11-12,15H,10H2,1-4H3. The first-order valence-corrected chi connectivity index (χ1v) is 7.79. The molecule has 2 nitrogen and oxygen atoms in total. The van der Waals surface area contributed by atoms with E-state index in [4.69, 9.17) is 9.47 Å². The molecule has 0 spiro atoms. The molecular formula is C17H22O2S. The van der Waals surface area contributed by atoms with E-state index in [2.05, 4.69) is 37.4 Å². The highest BCUT2D eigenvalue weighted by Crippen LogP contribution is 2.39. The second-order valence-electron chi connectivity index (χ2n) is 5.31. The van der Waals surface area contributed by atoms with Crippen LogP contribution in [-0.2, 0) is 0 Å². The third kappa shape index (κ3) is 3.34. The van der Waals surface area contributed by atoms with Crippen molar-refractivity contribution in [2.45, 2.75) is 26.2 Å². The van der Waals surface area contributed by atoms with Crippen LogP contribution < -0.4 is 9.47 Å². The second kappa shape index (κ2) is 6.80. The summed E-state index contributed by atoms with van der Waals surface area (Å²) in [6.07, 6.45) is 1.11. The van der Waals surface area contributed by atoms with Crippen molar-refractivity contribution >= 4 is 11.3 Å². The number of thiophene rings is 1. The first-order chi connectivity index (χ1) is 9.65. The van der Waals surface area contributed by atoms with Crippen molar-refractivity contribution in [3.63, 3.8) is 0 Å². The zero-order chi connectivity index (χ0) is 14.5. The van der Waals surface area contributed by atoms with Crippen LogP contribution in [0, 0.1) is 5.92 Å². The van der Waals surface area contributed by atoms with Crippen molar-refractivity contribution in [3.05, 3.63) is 46.2 Å². The van der Waals surface area contributed by atoms with Gasteiger partial charge in [-0.05, 0) is 29.9 Å². The van der Waals surface area contributed by atoms with Crippen LogP contribution in [0.4, 0.5) is 0 Å². The quantitative estimate of drug-likeness (QED) is 0.750. The summed E-state index contributed by atoms with van der Waals surface area (Å²) in [4.78, 5) is 1.39. The topological polar surface area (TPSA) is 18.5 Å². The molecule has 1 aromatic heterocycles. The Morgan fingerprint density at radius 1 is 1.10 bits per heavy atom. The van der Waals surface area contributed by atoms with Crippen LogP contribution >= 0.6 is 11.3 Å². The lowest BCUT2D eigenvalue weighted by atomic mass is 9.88. The first-order valence-electron chi connectivity index (χ1n) is 6.91. The predicted molar refractivity (Wildman–Crippen MR) is 85.2 cm³/mol. The van der Waals surface area contributed by atoms with Gasteiger partial charge in [0.2, 0.25) is 0 Å². The summed E-state index contributed by atoms with van der Waals surface area (Å²) in [5.74, 6) is 2.76. The molecule has 1 unspecified atom stereocenters. The fourth-order valence-corrected chi connectivity index (χ4v) is 3.32. The number of hydrogen-bond donors (Lipinski definition) is 0. The van der Waals surface area contributed by atoms with Gasteiger partial charge in [-0.15, -0.1) is 11.3 Å². The molecule has 0 aliphatic heterocycles. The van der Waals surface area contributed by atoms with Gasteiger partial charge in [0.25, 0.3) is 0 Å². The normalized spacial score (nSPS) is 12.4. The molecule has 0 bridgehead atoms. The first kappa shape index (κ1) is 14.9. The lowest BCUT2D eigenvalue weighted by molar-refractivity contribution is 0.387. The Bertz CT molecular complexity index is 532. The highest BCUT2D eigenvalue weighted by Gasteiger charge is 2.21. The van der Waals surface area contributed by atoms with Crippen LogP contribution in [0.3, 0.4) is 0 Å². The van der Waals surface area contributed by atoms with Crippen molar-refractivity contribution < 1.29 is 9.47 Å². The minimum atomic E-state index is 0.385. The SMILES string of the molecule is COc1ccc(C(CC(C)C)c2cccs2)c(OC)c1. The average Bonchev–Trinajstić information content (AvgIpc) is 2.98. The van der Waals surface area contributed by atoms with Crippen molar-refractivity contribution in [3.8, 4) is 11.5 Å². The fraction of sp³-hybridized carbons (Fsp3) is 0.412. The molecule has 0 amide bonds. The predicted octanol–water partition coefficient (Wildman–Crippen LogP) is 4.94. The molecule has 2 aromatic rings. The molecule has 20 heavy (non-hydrogen) atoms. The number of ether oxygens (including phenoxy) is 2. The average molecular weight is 290 g/mol. The molecule has 0 aliphatic rings. The highest BCUT2D eigenvalue weighted by molar-refractivity contribution is 7.10. The minimum Gasteiger partial charge on any atom is -0.497 e. The summed E-state index contributed by atoms with van der Waals surface area (Å²) in [6.45, 7) is 4.52. The lowest BCUT2D eigenvalue weighted by Gasteiger charge is -2.21. The summed E-state index contributed by atoms with van der Waals surface area (Å²) in [6, 6.07) is 10.4. The van der Waals surface area contributed by atoms with E-state index in [1.165, 1.54) is 10.4 Å². The number of rotatable bonds is 6. The Morgan fingerprint density at radius 3 is 2.45 bits per heavy atom. The fourth-order valence-electron chi connectivity index (χ4n) is 2.46. The van der Waals surface area contributed by atoms with Crippen LogP contribution in [-0.4, -0.2) is 14.2 Å². The summed E-state index contributed by atoms with van der Waals surface area (Å²) in [5.41, 5.74) is 1.24. The molecule has 0 N–H and O–H groups in total. The molecule has 0 saturated heterocycles. The van der Waals surface area contributed by atoms with E-state index >= 15 is 0 Å². The van der Waals surface area contributed by atoms with E-state index in [1.54, 1.807) is 14.2 Å². The van der Waals surface area contributed by atoms with Gasteiger partial charge in [-0.1, -0.05) is 26.0 Å². The number of hydrogen-bond acceptors (Lipinski definition) is 3. The zero-order valence-electron chi connectivity index (χ0n) is 12.6. The van der Waals surface area contributed by atoms with Gasteiger partial charge in [0.15, 0.2) is 0 Å². The Balaban J connectivity index is 2.43. The van der Waals surface area contributed by atoms with Crippen LogP contribution in [0.15, 0.2) is 35.7 Å². The molecule has 1 heterocycles. The largest absolute Gasteiger partial charge is 0.497 e. The van der Waals surface area contributed by atoms with E-state index in [9.17, 15) is 0 Å². The Labute approximate surface area is 125 Å². The van der Waals surface area contributed by atoms with Crippen molar-refractivity contribution in [2.75, 3.05) is 14.2 Å². The van der Waals surface area contributed by atoms with E-state index in [1.807, 2.05) is 23.5 Å². The highest BCUT2D eigenvalue weighted by atomic mass is 32.1. The maximum absolute atomic E-state index is 5.57. The van der Waals surface area contributed by atoms with Crippen molar-refractivity contribution in [1.82, 2.24) is 0 Å². The Morgan fingerprint density at radius 2 is 1.90 bits per heavy atom. The van der Waals surface area contributed by atoms with Gasteiger partial charge in [-0.3, -0.25) is 0 Å². The van der Waals surface area contributed by atoms with Crippen LogP contribution in [0.1, 0.15) is 36.6 Å². The van der Waals surface area contributed by atoms with Crippen molar-refractivity contribution in [2.24, 2.45) is 5.92 Å². The van der Waals surface area contributed by atoms with Gasteiger partial charge in [-0.2, -0.15) is 0 Å². The maximum Gasteiger partial charge on any atom is 0.126 e. The molecule has 3 heteroatoms. The summed E-state index contributed by atoms with van der Waals surface area (Å²) in [5, 5.41) is 2.14. The van der Waals surface area contributed by atoms with E-state index in [-0.39, 0.29) is 0 Å². The Hall–Kier alpha value is -1.48. The summed E-state index contributed by atoms with van der Waals surface area (Å²) in [7, 11) is 3.40. The van der Waals surface area contributed by atoms with Crippen LogP contribution in [0.5, 0.6) is 11.5 Å². The minimum absolute atomic E-state index is 0.385. The third-order valence-electron chi connectivity index (χ3n) is 3.41. The third-order valence-corrected chi connectivity index (χ3v) is 4.40. The molecule has 0 radical (unpaired) electrons. The molecule has 1 atom stereocenters. The lowest BCUT2D eigenvalue weighted by Crippen LogP contribution is -2.05. The van der Waals surface area contributed by atoms with Crippen LogP contribution in [0.25, 0.3) is 0 Å². The van der Waals surface area contributed by atoms with Crippen LogP contribution in [0.2, 0.25) is 0 Å². The van der Waals surface area contributed by atoms with E-state index in [0.29, 0.717) is 11.8 Å². The van der Waals surface area contributed by atoms with Gasteiger partial charge in [0, 0.05) is 22.4 Å². The smallest absolute Gasteiger partial charge is 0.126 e. The zero-order valence-corrected chi connectivity index (χ0v) is 13.4. The molecule has 2 rings (SSSR count). The number of benzene rings is 1. The summed E-state index contributed by atoms with van der Waals surface area (Å²) >= 11 is 1.81. The van der Waals surface area contributed by atoms with E-state index in [0.717, 1.165) is 17.9 Å². The molecule has 1 aromatic carbocycles. The van der Waals surface area contributed by atoms with Gasteiger partial charge in [-0.25, -0.2) is 0 Å². The maximum atomic E-state index is 5.57. The number of methoxy groups -OCH3 is 2.